The van der Waals surface area contributed by atoms with E-state index in [0.717, 1.165) is 13.7 Å². The highest BCUT2D eigenvalue weighted by Crippen LogP contribution is 2.36. The van der Waals surface area contributed by atoms with Crippen molar-refractivity contribution in [2.45, 2.75) is 12.1 Å². The molecule has 2 atom stereocenters. The van der Waals surface area contributed by atoms with E-state index in [2.05, 4.69) is 21.2 Å². The van der Waals surface area contributed by atoms with Gasteiger partial charge in [0.2, 0.25) is 0 Å². The van der Waals surface area contributed by atoms with Crippen molar-refractivity contribution in [3.8, 4) is 0 Å². The lowest BCUT2D eigenvalue weighted by atomic mass is 10.1. The van der Waals surface area contributed by atoms with Crippen molar-refractivity contribution in [1.29, 1.82) is 0 Å². The third-order valence-corrected chi connectivity index (χ3v) is 5.05. The third-order valence-electron chi connectivity index (χ3n) is 2.50. The monoisotopic (exact) mass is 325 g/mol. The first-order valence-electron chi connectivity index (χ1n) is 5.03. The van der Waals surface area contributed by atoms with Crippen molar-refractivity contribution in [2.24, 2.45) is 0 Å². The van der Waals surface area contributed by atoms with Crippen LogP contribution in [0.5, 0.6) is 0 Å². The number of halogens is 2. The second kappa shape index (κ2) is 5.80. The lowest BCUT2D eigenvalue weighted by Crippen LogP contribution is -2.38. The highest BCUT2D eigenvalue weighted by atomic mass is 79.9. The molecule has 16 heavy (non-hydrogen) atoms. The van der Waals surface area contributed by atoms with Crippen molar-refractivity contribution in [2.75, 3.05) is 26.9 Å². The Labute approximate surface area is 112 Å². The van der Waals surface area contributed by atoms with Crippen LogP contribution in [-0.2, 0) is 9.47 Å². The fourth-order valence-corrected chi connectivity index (χ4v) is 3.64. The zero-order valence-corrected chi connectivity index (χ0v) is 12.0. The standard InChI is InChI=1S/C10H13BrClNO2S/c1-13-9(7-5-14-2-3-15-7)8-4-6(12)10(11)16-8/h4,7,9,13H,2-3,5H2,1H3. The minimum atomic E-state index is 0.0559. The van der Waals surface area contributed by atoms with Gasteiger partial charge in [-0.15, -0.1) is 11.3 Å². The Morgan fingerprint density at radius 1 is 1.62 bits per heavy atom. The summed E-state index contributed by atoms with van der Waals surface area (Å²) in [4.78, 5) is 1.16. The number of likely N-dealkylation sites (N-methyl/N-ethyl adjacent to an activating group) is 1. The van der Waals surface area contributed by atoms with Gasteiger partial charge in [0.1, 0.15) is 6.10 Å². The first-order chi connectivity index (χ1) is 7.72. The molecule has 1 N–H and O–H groups in total. The first kappa shape index (κ1) is 12.8. The molecule has 1 aromatic rings. The van der Waals surface area contributed by atoms with E-state index in [1.165, 1.54) is 0 Å². The zero-order chi connectivity index (χ0) is 11.5. The van der Waals surface area contributed by atoms with Crippen molar-refractivity contribution < 1.29 is 9.47 Å². The average Bonchev–Trinajstić information content (AvgIpc) is 2.61. The summed E-state index contributed by atoms with van der Waals surface area (Å²) in [5, 5.41) is 4.00. The van der Waals surface area contributed by atoms with Gasteiger partial charge in [-0.3, -0.25) is 0 Å². The number of ether oxygens (including phenoxy) is 2. The van der Waals surface area contributed by atoms with Gasteiger partial charge in [0.15, 0.2) is 0 Å². The minimum Gasteiger partial charge on any atom is -0.376 e. The predicted octanol–water partition coefficient (Wildman–Crippen LogP) is 2.84. The topological polar surface area (TPSA) is 30.5 Å². The number of nitrogens with one attached hydrogen (secondary N) is 1. The summed E-state index contributed by atoms with van der Waals surface area (Å²) in [5.41, 5.74) is 0. The molecule has 2 unspecified atom stereocenters. The Bertz CT molecular complexity index is 335. The smallest absolute Gasteiger partial charge is 0.101 e. The van der Waals surface area contributed by atoms with E-state index in [9.17, 15) is 0 Å². The second-order valence-electron chi connectivity index (χ2n) is 3.52. The van der Waals surface area contributed by atoms with E-state index in [1.54, 1.807) is 11.3 Å². The SMILES string of the molecule is CNC(c1cc(Cl)c(Br)s1)C1COCCO1. The van der Waals surface area contributed by atoms with Crippen LogP contribution in [0.1, 0.15) is 10.9 Å². The molecule has 0 amide bonds. The molecule has 6 heteroatoms. The third kappa shape index (κ3) is 2.78. The van der Waals surface area contributed by atoms with Crippen molar-refractivity contribution in [3.63, 3.8) is 0 Å². The van der Waals surface area contributed by atoms with Gasteiger partial charge in [0.05, 0.1) is 34.7 Å². The summed E-state index contributed by atoms with van der Waals surface area (Å²) in [5.74, 6) is 0. The van der Waals surface area contributed by atoms with Gasteiger partial charge in [0.25, 0.3) is 0 Å². The Hall–Kier alpha value is 0.350. The number of thiophene rings is 1. The molecule has 2 rings (SSSR count). The summed E-state index contributed by atoms with van der Waals surface area (Å²) in [6, 6.07) is 2.10. The number of hydrogen-bond donors (Lipinski definition) is 1. The minimum absolute atomic E-state index is 0.0559. The molecule has 1 saturated heterocycles. The van der Waals surface area contributed by atoms with Crippen molar-refractivity contribution in [3.05, 3.63) is 19.8 Å². The van der Waals surface area contributed by atoms with E-state index in [0.29, 0.717) is 19.8 Å². The molecular formula is C10H13BrClNO2S. The van der Waals surface area contributed by atoms with Crippen LogP contribution in [0, 0.1) is 0 Å². The summed E-state index contributed by atoms with van der Waals surface area (Å²) in [6.07, 6.45) is 0.0559. The molecule has 3 nitrogen and oxygen atoms in total. The van der Waals surface area contributed by atoms with Gasteiger partial charge in [-0.1, -0.05) is 11.6 Å². The molecule has 1 fully saturated rings. The molecule has 2 heterocycles. The van der Waals surface area contributed by atoms with Crippen molar-refractivity contribution in [1.82, 2.24) is 5.32 Å². The Morgan fingerprint density at radius 2 is 2.44 bits per heavy atom. The Morgan fingerprint density at radius 3 is 2.94 bits per heavy atom. The number of hydrogen-bond acceptors (Lipinski definition) is 4. The maximum absolute atomic E-state index is 6.03. The summed E-state index contributed by atoms with van der Waals surface area (Å²) < 4.78 is 12.1. The van der Waals surface area contributed by atoms with E-state index >= 15 is 0 Å². The molecule has 1 aliphatic heterocycles. The maximum Gasteiger partial charge on any atom is 0.101 e. The van der Waals surface area contributed by atoms with Crippen LogP contribution in [-0.4, -0.2) is 33.0 Å². The van der Waals surface area contributed by atoms with Crippen LogP contribution in [0.25, 0.3) is 0 Å². The molecule has 90 valence electrons. The van der Waals surface area contributed by atoms with Gasteiger partial charge in [0, 0.05) is 4.88 Å². The normalized spacial score (nSPS) is 23.3. The highest BCUT2D eigenvalue weighted by molar-refractivity contribution is 9.11. The predicted molar refractivity (Wildman–Crippen MR) is 69.4 cm³/mol. The van der Waals surface area contributed by atoms with Crippen LogP contribution in [0.3, 0.4) is 0 Å². The lowest BCUT2D eigenvalue weighted by Gasteiger charge is -2.29. The Kier molecular flexibility index (Phi) is 4.64. The van der Waals surface area contributed by atoms with Crippen molar-refractivity contribution >= 4 is 38.9 Å². The average molecular weight is 327 g/mol. The lowest BCUT2D eigenvalue weighted by molar-refractivity contribution is -0.101. The van der Waals surface area contributed by atoms with E-state index in [-0.39, 0.29) is 12.1 Å². The molecule has 0 aliphatic carbocycles. The summed E-state index contributed by atoms with van der Waals surface area (Å²) in [7, 11) is 1.92. The molecule has 0 aromatic carbocycles. The molecule has 0 spiro atoms. The first-order valence-corrected chi connectivity index (χ1v) is 7.02. The van der Waals surface area contributed by atoms with E-state index in [1.807, 2.05) is 13.1 Å². The highest BCUT2D eigenvalue weighted by Gasteiger charge is 2.27. The van der Waals surface area contributed by atoms with Crippen LogP contribution < -0.4 is 5.32 Å². The fourth-order valence-electron chi connectivity index (χ4n) is 1.73. The summed E-state index contributed by atoms with van der Waals surface area (Å²) in [6.45, 7) is 1.96. The van der Waals surface area contributed by atoms with Gasteiger partial charge in [-0.25, -0.2) is 0 Å². The van der Waals surface area contributed by atoms with Crippen LogP contribution in [0.15, 0.2) is 9.85 Å². The van der Waals surface area contributed by atoms with E-state index in [4.69, 9.17) is 21.1 Å². The van der Waals surface area contributed by atoms with Gasteiger partial charge in [-0.2, -0.15) is 0 Å². The largest absolute Gasteiger partial charge is 0.376 e. The summed E-state index contributed by atoms with van der Waals surface area (Å²) >= 11 is 11.1. The fraction of sp³-hybridized carbons (Fsp3) is 0.600. The van der Waals surface area contributed by atoms with Crippen LogP contribution in [0.2, 0.25) is 5.02 Å². The molecule has 1 aliphatic rings. The molecule has 0 bridgehead atoms. The van der Waals surface area contributed by atoms with Gasteiger partial charge in [-0.05, 0) is 29.0 Å². The Balaban J connectivity index is 2.14. The van der Waals surface area contributed by atoms with Gasteiger partial charge >= 0.3 is 0 Å². The van der Waals surface area contributed by atoms with Crippen LogP contribution >= 0.6 is 38.9 Å². The molecule has 0 saturated carbocycles. The molecular weight excluding hydrogens is 314 g/mol. The van der Waals surface area contributed by atoms with Gasteiger partial charge < -0.3 is 14.8 Å². The zero-order valence-electron chi connectivity index (χ0n) is 8.83. The molecule has 0 radical (unpaired) electrons. The van der Waals surface area contributed by atoms with E-state index < -0.39 is 0 Å². The number of rotatable bonds is 3. The molecule has 1 aromatic heterocycles. The maximum atomic E-state index is 6.03. The second-order valence-corrected chi connectivity index (χ2v) is 6.33. The quantitative estimate of drug-likeness (QED) is 0.926. The van der Waals surface area contributed by atoms with Crippen LogP contribution in [0.4, 0.5) is 0 Å².